The van der Waals surface area contributed by atoms with Crippen LogP contribution in [0.5, 0.6) is 5.75 Å². The molecule has 1 heterocycles. The van der Waals surface area contributed by atoms with Crippen molar-refractivity contribution in [2.45, 2.75) is 18.9 Å². The van der Waals surface area contributed by atoms with E-state index in [0.717, 1.165) is 37.5 Å². The van der Waals surface area contributed by atoms with Gasteiger partial charge >= 0.3 is 0 Å². The lowest BCUT2D eigenvalue weighted by Gasteiger charge is -2.28. The maximum Gasteiger partial charge on any atom is 0.124 e. The minimum Gasteiger partial charge on any atom is -0.496 e. The van der Waals surface area contributed by atoms with Crippen molar-refractivity contribution in [2.75, 3.05) is 40.5 Å². The number of methoxy groups -OCH3 is 1. The van der Waals surface area contributed by atoms with E-state index >= 15 is 0 Å². The predicted octanol–water partition coefficient (Wildman–Crippen LogP) is 2.09. The summed E-state index contributed by atoms with van der Waals surface area (Å²) in [6, 6.07) is 7.64. The van der Waals surface area contributed by atoms with Crippen LogP contribution in [0.25, 0.3) is 0 Å². The molecule has 2 atom stereocenters. The van der Waals surface area contributed by atoms with Crippen molar-refractivity contribution in [1.29, 1.82) is 0 Å². The fourth-order valence-corrected chi connectivity index (χ4v) is 2.80. The first-order valence-corrected chi connectivity index (χ1v) is 7.28. The number of aliphatic hydroxyl groups is 1. The van der Waals surface area contributed by atoms with Crippen LogP contribution in [0.1, 0.15) is 24.5 Å². The predicted molar refractivity (Wildman–Crippen MR) is 79.0 cm³/mol. The highest BCUT2D eigenvalue weighted by molar-refractivity contribution is 5.35. The first-order valence-electron chi connectivity index (χ1n) is 7.28. The lowest BCUT2D eigenvalue weighted by Crippen LogP contribution is -2.33. The SMILES string of the molecule is COc1ccccc1C(O)CN(C)CC1CCCOC1. The second-order valence-electron chi connectivity index (χ2n) is 5.56. The van der Waals surface area contributed by atoms with E-state index in [9.17, 15) is 5.11 Å². The van der Waals surface area contributed by atoms with Gasteiger partial charge in [0, 0.05) is 25.3 Å². The first-order chi connectivity index (χ1) is 9.70. The number of hydrogen-bond acceptors (Lipinski definition) is 4. The van der Waals surface area contributed by atoms with Crippen molar-refractivity contribution in [1.82, 2.24) is 4.90 Å². The Hall–Kier alpha value is -1.10. The molecule has 20 heavy (non-hydrogen) atoms. The maximum absolute atomic E-state index is 10.4. The number of aliphatic hydroxyl groups excluding tert-OH is 1. The molecule has 1 aromatic rings. The number of rotatable bonds is 6. The van der Waals surface area contributed by atoms with Gasteiger partial charge in [0.1, 0.15) is 5.75 Å². The summed E-state index contributed by atoms with van der Waals surface area (Å²) in [6.45, 7) is 3.31. The summed E-state index contributed by atoms with van der Waals surface area (Å²) in [5.74, 6) is 1.33. The second-order valence-corrected chi connectivity index (χ2v) is 5.56. The fourth-order valence-electron chi connectivity index (χ4n) is 2.80. The van der Waals surface area contributed by atoms with Crippen molar-refractivity contribution in [3.8, 4) is 5.75 Å². The van der Waals surface area contributed by atoms with Gasteiger partial charge in [-0.25, -0.2) is 0 Å². The van der Waals surface area contributed by atoms with E-state index in [2.05, 4.69) is 4.90 Å². The smallest absolute Gasteiger partial charge is 0.124 e. The monoisotopic (exact) mass is 279 g/mol. The molecule has 2 unspecified atom stereocenters. The summed E-state index contributed by atoms with van der Waals surface area (Å²) in [7, 11) is 3.68. The first kappa shape index (κ1) is 15.3. The van der Waals surface area contributed by atoms with Crippen LogP contribution in [-0.4, -0.2) is 50.5 Å². The Bertz CT molecular complexity index is 404. The summed E-state index contributed by atoms with van der Waals surface area (Å²) in [5.41, 5.74) is 0.849. The molecule has 0 amide bonds. The average molecular weight is 279 g/mol. The Morgan fingerprint density at radius 3 is 2.95 bits per heavy atom. The van der Waals surface area contributed by atoms with Gasteiger partial charge in [-0.3, -0.25) is 0 Å². The van der Waals surface area contributed by atoms with E-state index in [-0.39, 0.29) is 0 Å². The lowest BCUT2D eigenvalue weighted by molar-refractivity contribution is 0.0340. The summed E-state index contributed by atoms with van der Waals surface area (Å²) in [5, 5.41) is 10.4. The molecule has 4 nitrogen and oxygen atoms in total. The Morgan fingerprint density at radius 1 is 1.45 bits per heavy atom. The Labute approximate surface area is 121 Å². The molecule has 0 spiro atoms. The van der Waals surface area contributed by atoms with Crippen molar-refractivity contribution in [3.05, 3.63) is 29.8 Å². The topological polar surface area (TPSA) is 41.9 Å². The number of nitrogens with zero attached hydrogens (tertiary/aromatic N) is 1. The third-order valence-electron chi connectivity index (χ3n) is 3.81. The highest BCUT2D eigenvalue weighted by Gasteiger charge is 2.19. The van der Waals surface area contributed by atoms with Crippen molar-refractivity contribution < 1.29 is 14.6 Å². The van der Waals surface area contributed by atoms with E-state index in [1.165, 1.54) is 6.42 Å². The molecule has 1 aliphatic heterocycles. The zero-order valence-electron chi connectivity index (χ0n) is 12.4. The van der Waals surface area contributed by atoms with E-state index in [4.69, 9.17) is 9.47 Å². The van der Waals surface area contributed by atoms with Crippen LogP contribution in [0.15, 0.2) is 24.3 Å². The molecular formula is C16H25NO3. The maximum atomic E-state index is 10.4. The molecule has 2 rings (SSSR count). The van der Waals surface area contributed by atoms with Crippen molar-refractivity contribution >= 4 is 0 Å². The van der Waals surface area contributed by atoms with Crippen LogP contribution < -0.4 is 4.74 Å². The molecule has 0 aromatic heterocycles. The molecule has 1 saturated heterocycles. The standard InChI is InChI=1S/C16H25NO3/c1-17(10-13-6-5-9-20-12-13)11-15(18)14-7-3-4-8-16(14)19-2/h3-4,7-8,13,15,18H,5-6,9-12H2,1-2H3. The Balaban J connectivity index is 1.87. The van der Waals surface area contributed by atoms with Gasteiger partial charge in [-0.2, -0.15) is 0 Å². The van der Waals surface area contributed by atoms with E-state index < -0.39 is 6.10 Å². The van der Waals surface area contributed by atoms with Gasteiger partial charge in [0.25, 0.3) is 0 Å². The summed E-state index contributed by atoms with van der Waals surface area (Å²) < 4.78 is 10.8. The van der Waals surface area contributed by atoms with E-state index in [1.807, 2.05) is 31.3 Å². The minimum atomic E-state index is -0.527. The summed E-state index contributed by atoms with van der Waals surface area (Å²) in [6.07, 6.45) is 1.84. The molecule has 0 saturated carbocycles. The van der Waals surface area contributed by atoms with Gasteiger partial charge in [0.05, 0.1) is 19.8 Å². The Morgan fingerprint density at radius 2 is 2.25 bits per heavy atom. The molecule has 0 bridgehead atoms. The highest BCUT2D eigenvalue weighted by atomic mass is 16.5. The third-order valence-corrected chi connectivity index (χ3v) is 3.81. The van der Waals surface area contributed by atoms with Gasteiger partial charge in [-0.15, -0.1) is 0 Å². The van der Waals surface area contributed by atoms with Gasteiger partial charge < -0.3 is 19.5 Å². The molecule has 1 fully saturated rings. The summed E-state index contributed by atoms with van der Waals surface area (Å²) >= 11 is 0. The number of ether oxygens (including phenoxy) is 2. The number of likely N-dealkylation sites (N-methyl/N-ethyl adjacent to an activating group) is 1. The summed E-state index contributed by atoms with van der Waals surface area (Å²) in [4.78, 5) is 2.18. The van der Waals surface area contributed by atoms with Gasteiger partial charge in [-0.1, -0.05) is 18.2 Å². The van der Waals surface area contributed by atoms with Gasteiger partial charge in [0.15, 0.2) is 0 Å². The van der Waals surface area contributed by atoms with Crippen molar-refractivity contribution in [2.24, 2.45) is 5.92 Å². The third kappa shape index (κ3) is 4.20. The van der Waals surface area contributed by atoms with Gasteiger partial charge in [-0.05, 0) is 31.9 Å². The molecule has 1 aliphatic rings. The van der Waals surface area contributed by atoms with Crippen LogP contribution in [0.2, 0.25) is 0 Å². The zero-order valence-corrected chi connectivity index (χ0v) is 12.4. The lowest BCUT2D eigenvalue weighted by atomic mass is 10.0. The Kier molecular flexibility index (Phi) is 5.83. The number of benzene rings is 1. The van der Waals surface area contributed by atoms with Crippen LogP contribution in [0, 0.1) is 5.92 Å². The second kappa shape index (κ2) is 7.62. The molecule has 0 radical (unpaired) electrons. The molecule has 0 aliphatic carbocycles. The fraction of sp³-hybridized carbons (Fsp3) is 0.625. The van der Waals surface area contributed by atoms with E-state index in [0.29, 0.717) is 12.5 Å². The molecular weight excluding hydrogens is 254 g/mol. The van der Waals surface area contributed by atoms with Crippen LogP contribution in [0.4, 0.5) is 0 Å². The molecule has 1 aromatic carbocycles. The highest BCUT2D eigenvalue weighted by Crippen LogP contribution is 2.25. The van der Waals surface area contributed by atoms with E-state index in [1.54, 1.807) is 7.11 Å². The number of hydrogen-bond donors (Lipinski definition) is 1. The average Bonchev–Trinajstić information content (AvgIpc) is 2.48. The molecule has 112 valence electrons. The van der Waals surface area contributed by atoms with Crippen LogP contribution >= 0.6 is 0 Å². The molecule has 1 N–H and O–H groups in total. The largest absolute Gasteiger partial charge is 0.496 e. The van der Waals surface area contributed by atoms with Gasteiger partial charge in [0.2, 0.25) is 0 Å². The molecule has 4 heteroatoms. The minimum absolute atomic E-state index is 0.527. The quantitative estimate of drug-likeness (QED) is 0.866. The van der Waals surface area contributed by atoms with Crippen molar-refractivity contribution in [3.63, 3.8) is 0 Å². The normalized spacial score (nSPS) is 20.9. The van der Waals surface area contributed by atoms with Crippen LogP contribution in [0.3, 0.4) is 0 Å². The van der Waals surface area contributed by atoms with Crippen LogP contribution in [-0.2, 0) is 4.74 Å². The zero-order chi connectivity index (χ0) is 14.4. The number of para-hydroxylation sites is 1.